The van der Waals surface area contributed by atoms with Gasteiger partial charge in [0.05, 0.1) is 28.9 Å². The molecule has 29 heavy (non-hydrogen) atoms. The molecule has 3 rings (SSSR count). The van der Waals surface area contributed by atoms with Gasteiger partial charge in [-0.3, -0.25) is 4.90 Å². The number of β-amino-alcohol motifs (C(OH)–C–C–N with tert-alkyl or cyclic N) is 1. The number of hydrogen-bond acceptors (Lipinski definition) is 8. The van der Waals surface area contributed by atoms with Gasteiger partial charge in [-0.15, -0.1) is 10.2 Å². The number of benzene rings is 1. The molecule has 0 aliphatic carbocycles. The Morgan fingerprint density at radius 3 is 2.55 bits per heavy atom. The van der Waals surface area contributed by atoms with Gasteiger partial charge in [-0.25, -0.2) is 0 Å². The van der Waals surface area contributed by atoms with E-state index in [0.29, 0.717) is 40.4 Å². The molecule has 1 aromatic heterocycles. The molecule has 1 aromatic carbocycles. The van der Waals surface area contributed by atoms with Crippen molar-refractivity contribution in [3.63, 3.8) is 0 Å². The smallest absolute Gasteiger partial charge is 0.247 e. The minimum Gasteiger partial charge on any atom is -0.389 e. The van der Waals surface area contributed by atoms with Crippen molar-refractivity contribution in [1.29, 1.82) is 0 Å². The molecule has 8 nitrogen and oxygen atoms in total. The lowest BCUT2D eigenvalue weighted by Crippen LogP contribution is -2.49. The lowest BCUT2D eigenvalue weighted by atomic mass is 10.1. The molecule has 1 saturated heterocycles. The van der Waals surface area contributed by atoms with Crippen molar-refractivity contribution >= 4 is 35.0 Å². The maximum Gasteiger partial charge on any atom is 0.247 e. The van der Waals surface area contributed by atoms with Gasteiger partial charge in [-0.05, 0) is 19.9 Å². The summed E-state index contributed by atoms with van der Waals surface area (Å²) in [5, 5.41) is 19.4. The summed E-state index contributed by atoms with van der Waals surface area (Å²) in [6.07, 6.45) is -0.388. The predicted octanol–water partition coefficient (Wildman–Crippen LogP) is 2.34. The molecule has 1 fully saturated rings. The van der Waals surface area contributed by atoms with Crippen molar-refractivity contribution in [3.8, 4) is 11.3 Å². The number of anilines is 2. The fraction of sp³-hybridized carbons (Fsp3) is 0.526. The van der Waals surface area contributed by atoms with E-state index < -0.39 is 6.10 Å². The van der Waals surface area contributed by atoms with Gasteiger partial charge < -0.3 is 20.5 Å². The number of nitrogen functional groups attached to an aromatic ring is 1. The molecular weight excluding hydrogens is 415 g/mol. The van der Waals surface area contributed by atoms with Crippen molar-refractivity contribution in [2.75, 3.05) is 50.0 Å². The Kier molecular flexibility index (Phi) is 7.48. The van der Waals surface area contributed by atoms with Crippen LogP contribution in [0.1, 0.15) is 13.8 Å². The second-order valence-corrected chi connectivity index (χ2v) is 8.06. The second-order valence-electron chi connectivity index (χ2n) is 7.27. The highest BCUT2D eigenvalue weighted by atomic mass is 35.5. The Bertz CT molecular complexity index is 830. The lowest BCUT2D eigenvalue weighted by Gasteiger charge is -2.35. The molecule has 0 bridgehead atoms. The van der Waals surface area contributed by atoms with Gasteiger partial charge >= 0.3 is 0 Å². The van der Waals surface area contributed by atoms with E-state index in [2.05, 4.69) is 20.1 Å². The highest BCUT2D eigenvalue weighted by Crippen LogP contribution is 2.34. The maximum atomic E-state index is 10.1. The minimum absolute atomic E-state index is 0.112. The van der Waals surface area contributed by atoms with Gasteiger partial charge in [-0.2, -0.15) is 4.98 Å². The first kappa shape index (κ1) is 22.0. The van der Waals surface area contributed by atoms with Crippen LogP contribution in [-0.4, -0.2) is 76.7 Å². The van der Waals surface area contributed by atoms with Gasteiger partial charge in [0.25, 0.3) is 0 Å². The van der Waals surface area contributed by atoms with Gasteiger partial charge in [-0.1, -0.05) is 35.3 Å². The van der Waals surface area contributed by atoms with Crippen LogP contribution >= 0.6 is 23.2 Å². The largest absolute Gasteiger partial charge is 0.389 e. The Balaban J connectivity index is 1.60. The van der Waals surface area contributed by atoms with E-state index in [1.807, 2.05) is 18.7 Å². The van der Waals surface area contributed by atoms with Crippen LogP contribution in [-0.2, 0) is 4.74 Å². The Hall–Kier alpha value is -1.71. The molecule has 0 spiro atoms. The van der Waals surface area contributed by atoms with Gasteiger partial charge in [0.2, 0.25) is 5.95 Å². The van der Waals surface area contributed by atoms with Gasteiger partial charge in [0.15, 0.2) is 5.82 Å². The first-order valence-corrected chi connectivity index (χ1v) is 10.3. The number of aliphatic hydroxyl groups excluding tert-OH is 1. The number of nitrogens with zero attached hydrogens (tertiary/aromatic N) is 5. The molecule has 10 heteroatoms. The average molecular weight is 441 g/mol. The summed E-state index contributed by atoms with van der Waals surface area (Å²) < 4.78 is 5.47. The summed E-state index contributed by atoms with van der Waals surface area (Å²) in [7, 11) is 0. The molecule has 2 heterocycles. The highest BCUT2D eigenvalue weighted by Gasteiger charge is 2.23. The van der Waals surface area contributed by atoms with E-state index >= 15 is 0 Å². The minimum atomic E-state index is -0.501. The molecule has 158 valence electrons. The maximum absolute atomic E-state index is 10.1. The fourth-order valence-electron chi connectivity index (χ4n) is 3.13. The van der Waals surface area contributed by atoms with E-state index in [-0.39, 0.29) is 11.9 Å². The second kappa shape index (κ2) is 9.86. The number of rotatable bonds is 7. The molecule has 1 unspecified atom stereocenters. The summed E-state index contributed by atoms with van der Waals surface area (Å²) in [4.78, 5) is 8.64. The Morgan fingerprint density at radius 1 is 1.17 bits per heavy atom. The Morgan fingerprint density at radius 2 is 1.90 bits per heavy atom. The van der Waals surface area contributed by atoms with Crippen molar-refractivity contribution in [3.05, 3.63) is 28.2 Å². The number of hydrogen-bond donors (Lipinski definition) is 2. The number of aliphatic hydroxyl groups is 1. The number of ether oxygens (including phenoxy) is 1. The van der Waals surface area contributed by atoms with Crippen LogP contribution in [0.25, 0.3) is 11.3 Å². The van der Waals surface area contributed by atoms with E-state index in [1.54, 1.807) is 18.2 Å². The number of halogens is 2. The molecular formula is C19H26Cl2N6O2. The topological polar surface area (TPSA) is 101 Å². The SMILES string of the molecule is CC(C)OCC(O)CN1CCN(c2nnc(-c3cccc(Cl)c3Cl)c(N)n2)CC1. The van der Waals surface area contributed by atoms with Crippen LogP contribution < -0.4 is 10.6 Å². The molecule has 0 saturated carbocycles. The molecule has 1 aliphatic rings. The molecule has 1 aliphatic heterocycles. The summed E-state index contributed by atoms with van der Waals surface area (Å²) in [5.74, 6) is 0.732. The van der Waals surface area contributed by atoms with E-state index in [0.717, 1.165) is 26.2 Å². The summed E-state index contributed by atoms with van der Waals surface area (Å²) >= 11 is 12.3. The van der Waals surface area contributed by atoms with Crippen molar-refractivity contribution < 1.29 is 9.84 Å². The quantitative estimate of drug-likeness (QED) is 0.676. The lowest BCUT2D eigenvalue weighted by molar-refractivity contribution is -0.00902. The first-order valence-electron chi connectivity index (χ1n) is 9.56. The number of aromatic nitrogens is 3. The zero-order valence-corrected chi connectivity index (χ0v) is 18.1. The summed E-state index contributed by atoms with van der Waals surface area (Å²) in [5.41, 5.74) is 7.14. The van der Waals surface area contributed by atoms with Crippen molar-refractivity contribution in [1.82, 2.24) is 20.1 Å². The third kappa shape index (κ3) is 5.67. The monoisotopic (exact) mass is 440 g/mol. The zero-order chi connectivity index (χ0) is 21.0. The molecule has 3 N–H and O–H groups in total. The van der Waals surface area contributed by atoms with Crippen LogP contribution in [0.3, 0.4) is 0 Å². The third-order valence-electron chi connectivity index (χ3n) is 4.66. The fourth-order valence-corrected chi connectivity index (χ4v) is 3.52. The predicted molar refractivity (Wildman–Crippen MR) is 115 cm³/mol. The van der Waals surface area contributed by atoms with Crippen LogP contribution in [0.2, 0.25) is 10.0 Å². The van der Waals surface area contributed by atoms with Gasteiger partial charge in [0.1, 0.15) is 5.69 Å². The van der Waals surface area contributed by atoms with Crippen molar-refractivity contribution in [2.24, 2.45) is 0 Å². The normalized spacial score (nSPS) is 16.4. The summed E-state index contributed by atoms with van der Waals surface area (Å²) in [6, 6.07) is 5.26. The number of piperazine rings is 1. The van der Waals surface area contributed by atoms with Gasteiger partial charge in [0, 0.05) is 38.3 Å². The van der Waals surface area contributed by atoms with Crippen LogP contribution in [0, 0.1) is 0 Å². The molecule has 1 atom stereocenters. The van der Waals surface area contributed by atoms with Crippen LogP contribution in [0.15, 0.2) is 18.2 Å². The molecule has 2 aromatic rings. The third-order valence-corrected chi connectivity index (χ3v) is 5.47. The first-order chi connectivity index (χ1) is 13.8. The highest BCUT2D eigenvalue weighted by molar-refractivity contribution is 6.43. The van der Waals surface area contributed by atoms with E-state index in [4.69, 9.17) is 33.7 Å². The standard InChI is InChI=1S/C19H26Cl2N6O2/c1-12(2)29-11-13(28)10-26-6-8-27(9-7-26)19-23-18(22)17(24-25-19)14-4-3-5-15(20)16(14)21/h3-5,12-13,28H,6-11H2,1-2H3,(H2,22,23,25). The van der Waals surface area contributed by atoms with E-state index in [1.165, 1.54) is 0 Å². The summed E-state index contributed by atoms with van der Waals surface area (Å²) in [6.45, 7) is 7.83. The zero-order valence-electron chi connectivity index (χ0n) is 16.6. The van der Waals surface area contributed by atoms with E-state index in [9.17, 15) is 5.11 Å². The number of nitrogens with two attached hydrogens (primary N) is 1. The molecule has 0 radical (unpaired) electrons. The van der Waals surface area contributed by atoms with Crippen LogP contribution in [0.5, 0.6) is 0 Å². The van der Waals surface area contributed by atoms with Crippen molar-refractivity contribution in [2.45, 2.75) is 26.1 Å². The molecule has 0 amide bonds. The average Bonchev–Trinajstić information content (AvgIpc) is 2.69. The van der Waals surface area contributed by atoms with Crippen LogP contribution in [0.4, 0.5) is 11.8 Å². The Labute approximate surface area is 180 Å².